The summed E-state index contributed by atoms with van der Waals surface area (Å²) in [7, 11) is 0. The summed E-state index contributed by atoms with van der Waals surface area (Å²) in [6.07, 6.45) is 3.37. The Kier molecular flexibility index (Phi) is 2.41. The summed E-state index contributed by atoms with van der Waals surface area (Å²) in [5.74, 6) is -0.718. The number of aromatic nitrogens is 1. The monoisotopic (exact) mass is 195 g/mol. The van der Waals surface area contributed by atoms with Crippen molar-refractivity contribution in [1.82, 2.24) is 15.4 Å². The molecule has 0 aromatic carbocycles. The van der Waals surface area contributed by atoms with Crippen molar-refractivity contribution in [3.63, 3.8) is 0 Å². The number of hydrazine groups is 1. The van der Waals surface area contributed by atoms with Crippen LogP contribution in [-0.2, 0) is 0 Å². The number of rotatable bonds is 1. The Bertz CT molecular complexity index is 350. The molecule has 74 valence electrons. The molecule has 0 aliphatic carbocycles. The van der Waals surface area contributed by atoms with E-state index in [-0.39, 0.29) is 11.5 Å². The molecule has 2 rings (SSSR count). The van der Waals surface area contributed by atoms with E-state index in [0.717, 1.165) is 19.2 Å². The van der Waals surface area contributed by atoms with Gasteiger partial charge in [0.2, 0.25) is 0 Å². The van der Waals surface area contributed by atoms with Crippen molar-refractivity contribution < 1.29 is 9.18 Å². The molecule has 0 saturated carbocycles. The predicted octanol–water partition coefficient (Wildman–Crippen LogP) is 0.571. The fourth-order valence-corrected chi connectivity index (χ4v) is 1.39. The van der Waals surface area contributed by atoms with Gasteiger partial charge in [-0.05, 0) is 12.5 Å². The van der Waals surface area contributed by atoms with Crippen LogP contribution in [0.5, 0.6) is 0 Å². The quantitative estimate of drug-likeness (QED) is 0.712. The third-order valence-corrected chi connectivity index (χ3v) is 2.06. The van der Waals surface area contributed by atoms with Crippen molar-refractivity contribution in [2.75, 3.05) is 13.1 Å². The molecule has 2 heterocycles. The van der Waals surface area contributed by atoms with Crippen LogP contribution in [0.15, 0.2) is 18.5 Å². The number of carbonyl (C=O) groups is 1. The molecule has 1 aromatic heterocycles. The number of amides is 1. The van der Waals surface area contributed by atoms with E-state index >= 15 is 0 Å². The standard InChI is InChI=1S/C9H10FN3O/c10-8-4-7(5-11-6-8)9(14)13-3-1-2-12-13/h4-6,12H,1-3H2. The van der Waals surface area contributed by atoms with Crippen molar-refractivity contribution in [3.8, 4) is 0 Å². The van der Waals surface area contributed by atoms with Gasteiger partial charge in [0.1, 0.15) is 5.82 Å². The average Bonchev–Trinajstić information content (AvgIpc) is 2.69. The summed E-state index contributed by atoms with van der Waals surface area (Å²) in [5, 5.41) is 1.48. The lowest BCUT2D eigenvalue weighted by Crippen LogP contribution is -2.36. The molecular formula is C9H10FN3O. The Morgan fingerprint density at radius 2 is 2.43 bits per heavy atom. The van der Waals surface area contributed by atoms with E-state index in [4.69, 9.17) is 0 Å². The predicted molar refractivity (Wildman–Crippen MR) is 47.9 cm³/mol. The van der Waals surface area contributed by atoms with E-state index in [1.807, 2.05) is 0 Å². The van der Waals surface area contributed by atoms with Crippen LogP contribution in [0.2, 0.25) is 0 Å². The SMILES string of the molecule is O=C(c1cncc(F)c1)N1CCCN1. The number of carbonyl (C=O) groups excluding carboxylic acids is 1. The number of hydrogen-bond acceptors (Lipinski definition) is 3. The molecule has 0 spiro atoms. The summed E-state index contributed by atoms with van der Waals surface area (Å²) in [6.45, 7) is 1.45. The van der Waals surface area contributed by atoms with E-state index in [1.54, 1.807) is 0 Å². The van der Waals surface area contributed by atoms with E-state index in [2.05, 4.69) is 10.4 Å². The molecule has 0 bridgehead atoms. The van der Waals surface area contributed by atoms with Crippen LogP contribution < -0.4 is 5.43 Å². The van der Waals surface area contributed by atoms with Gasteiger partial charge in [-0.1, -0.05) is 0 Å². The third kappa shape index (κ3) is 1.72. The molecule has 1 aromatic rings. The topological polar surface area (TPSA) is 45.2 Å². The molecule has 5 heteroatoms. The Balaban J connectivity index is 2.17. The minimum Gasteiger partial charge on any atom is -0.274 e. The van der Waals surface area contributed by atoms with E-state index in [9.17, 15) is 9.18 Å². The minimum atomic E-state index is -0.491. The molecular weight excluding hydrogens is 185 g/mol. The zero-order valence-electron chi connectivity index (χ0n) is 7.53. The van der Waals surface area contributed by atoms with E-state index < -0.39 is 5.82 Å². The Labute approximate surface area is 80.7 Å². The molecule has 1 amide bonds. The molecule has 4 nitrogen and oxygen atoms in total. The molecule has 0 unspecified atom stereocenters. The highest BCUT2D eigenvalue weighted by Gasteiger charge is 2.19. The normalized spacial score (nSPS) is 15.9. The van der Waals surface area contributed by atoms with Gasteiger partial charge < -0.3 is 0 Å². The number of hydrogen-bond donors (Lipinski definition) is 1. The van der Waals surface area contributed by atoms with Gasteiger partial charge in [0, 0.05) is 19.3 Å². The third-order valence-electron chi connectivity index (χ3n) is 2.06. The summed E-state index contributed by atoms with van der Waals surface area (Å²) >= 11 is 0. The molecule has 1 saturated heterocycles. The van der Waals surface area contributed by atoms with E-state index in [1.165, 1.54) is 17.3 Å². The lowest BCUT2D eigenvalue weighted by Gasteiger charge is -2.14. The first-order valence-electron chi connectivity index (χ1n) is 4.43. The molecule has 0 atom stereocenters. The second-order valence-corrected chi connectivity index (χ2v) is 3.11. The van der Waals surface area contributed by atoms with Gasteiger partial charge in [0.05, 0.1) is 11.8 Å². The summed E-state index contributed by atoms with van der Waals surface area (Å²) < 4.78 is 12.8. The highest BCUT2D eigenvalue weighted by Crippen LogP contribution is 2.06. The summed E-state index contributed by atoms with van der Waals surface area (Å²) in [4.78, 5) is 15.3. The van der Waals surface area contributed by atoms with Crippen molar-refractivity contribution in [1.29, 1.82) is 0 Å². The van der Waals surface area contributed by atoms with Crippen LogP contribution in [-0.4, -0.2) is 29.0 Å². The first-order valence-corrected chi connectivity index (χ1v) is 4.43. The molecule has 1 aliphatic rings. The molecule has 14 heavy (non-hydrogen) atoms. The zero-order valence-corrected chi connectivity index (χ0v) is 7.53. The first kappa shape index (κ1) is 9.08. The molecule has 1 N–H and O–H groups in total. The van der Waals surface area contributed by atoms with Crippen LogP contribution in [0.4, 0.5) is 4.39 Å². The van der Waals surface area contributed by atoms with Crippen molar-refractivity contribution in [3.05, 3.63) is 29.8 Å². The van der Waals surface area contributed by atoms with Crippen LogP contribution in [0.3, 0.4) is 0 Å². The summed E-state index contributed by atoms with van der Waals surface area (Å²) in [6, 6.07) is 1.19. The van der Waals surface area contributed by atoms with Gasteiger partial charge in [-0.15, -0.1) is 0 Å². The second kappa shape index (κ2) is 3.71. The number of nitrogens with one attached hydrogen (secondary N) is 1. The van der Waals surface area contributed by atoms with Crippen LogP contribution in [0.1, 0.15) is 16.8 Å². The fourth-order valence-electron chi connectivity index (χ4n) is 1.39. The maximum absolute atomic E-state index is 12.8. The van der Waals surface area contributed by atoms with Gasteiger partial charge in [-0.25, -0.2) is 9.82 Å². The van der Waals surface area contributed by atoms with Crippen molar-refractivity contribution in [2.24, 2.45) is 0 Å². The zero-order chi connectivity index (χ0) is 9.97. The molecule has 1 fully saturated rings. The van der Waals surface area contributed by atoms with Crippen LogP contribution in [0, 0.1) is 5.82 Å². The maximum Gasteiger partial charge on any atom is 0.269 e. The highest BCUT2D eigenvalue weighted by molar-refractivity contribution is 5.93. The smallest absolute Gasteiger partial charge is 0.269 e. The summed E-state index contributed by atoms with van der Waals surface area (Å²) in [5.41, 5.74) is 3.19. The number of pyridine rings is 1. The largest absolute Gasteiger partial charge is 0.274 e. The number of halogens is 1. The lowest BCUT2D eigenvalue weighted by atomic mass is 10.2. The number of nitrogens with zero attached hydrogens (tertiary/aromatic N) is 2. The maximum atomic E-state index is 12.8. The van der Waals surface area contributed by atoms with Crippen LogP contribution >= 0.6 is 0 Å². The van der Waals surface area contributed by atoms with Gasteiger partial charge in [0.15, 0.2) is 0 Å². The molecule has 0 radical (unpaired) electrons. The Morgan fingerprint density at radius 1 is 1.57 bits per heavy atom. The first-order chi connectivity index (χ1) is 6.77. The molecule has 1 aliphatic heterocycles. The lowest BCUT2D eigenvalue weighted by molar-refractivity contribution is 0.0725. The minimum absolute atomic E-state index is 0.227. The van der Waals surface area contributed by atoms with Crippen molar-refractivity contribution in [2.45, 2.75) is 6.42 Å². The van der Waals surface area contributed by atoms with Gasteiger partial charge in [-0.3, -0.25) is 14.8 Å². The highest BCUT2D eigenvalue weighted by atomic mass is 19.1. The van der Waals surface area contributed by atoms with E-state index in [0.29, 0.717) is 6.54 Å². The van der Waals surface area contributed by atoms with Crippen LogP contribution in [0.25, 0.3) is 0 Å². The average molecular weight is 195 g/mol. The Morgan fingerprint density at radius 3 is 3.07 bits per heavy atom. The van der Waals surface area contributed by atoms with Crippen molar-refractivity contribution >= 4 is 5.91 Å². The van der Waals surface area contributed by atoms with Gasteiger partial charge in [0.25, 0.3) is 5.91 Å². The fraction of sp³-hybridized carbons (Fsp3) is 0.333. The second-order valence-electron chi connectivity index (χ2n) is 3.11. The van der Waals surface area contributed by atoms with Gasteiger partial charge in [-0.2, -0.15) is 0 Å². The van der Waals surface area contributed by atoms with Gasteiger partial charge >= 0.3 is 0 Å². The Hall–Kier alpha value is -1.49.